The van der Waals surface area contributed by atoms with Crippen LogP contribution in [-0.2, 0) is 16.0 Å². The summed E-state index contributed by atoms with van der Waals surface area (Å²) < 4.78 is 0. The summed E-state index contributed by atoms with van der Waals surface area (Å²) in [5.74, 6) is 0.463. The lowest BCUT2D eigenvalue weighted by Crippen LogP contribution is -2.54. The van der Waals surface area contributed by atoms with Crippen LogP contribution in [0.25, 0.3) is 0 Å². The van der Waals surface area contributed by atoms with Crippen LogP contribution in [0, 0.1) is 5.92 Å². The van der Waals surface area contributed by atoms with E-state index in [-0.39, 0.29) is 24.3 Å². The first-order valence-electron chi connectivity index (χ1n) is 9.84. The third kappa shape index (κ3) is 5.58. The largest absolute Gasteiger partial charge is 0.339 e. The molecule has 1 aromatic rings. The Labute approximate surface area is 152 Å². The van der Waals surface area contributed by atoms with Gasteiger partial charge in [-0.05, 0) is 24.8 Å². The second-order valence-electron chi connectivity index (χ2n) is 6.71. The molecule has 0 radical (unpaired) electrons. The molecule has 0 unspecified atom stereocenters. The van der Waals surface area contributed by atoms with Gasteiger partial charge in [-0.2, -0.15) is 0 Å². The highest BCUT2D eigenvalue weighted by Crippen LogP contribution is 2.26. The lowest BCUT2D eigenvalue weighted by atomic mass is 9.88. The third-order valence-corrected chi connectivity index (χ3v) is 5.10. The summed E-state index contributed by atoms with van der Waals surface area (Å²) in [6.07, 6.45) is 6.43. The minimum Gasteiger partial charge on any atom is -0.339 e. The molecule has 4 heteroatoms. The molecule has 0 aromatic heterocycles. The van der Waals surface area contributed by atoms with Gasteiger partial charge in [0.25, 0.3) is 0 Å². The van der Waals surface area contributed by atoms with E-state index in [1.54, 1.807) is 4.90 Å². The zero-order valence-electron chi connectivity index (χ0n) is 15.7. The summed E-state index contributed by atoms with van der Waals surface area (Å²) >= 11 is 0. The van der Waals surface area contributed by atoms with Crippen LogP contribution >= 0.6 is 0 Å². The van der Waals surface area contributed by atoms with Crippen molar-refractivity contribution in [1.82, 2.24) is 9.80 Å². The molecule has 1 aromatic carbocycles. The Kier molecular flexibility index (Phi) is 7.96. The molecule has 2 aliphatic rings. The summed E-state index contributed by atoms with van der Waals surface area (Å²) in [5.41, 5.74) is 1.25. The lowest BCUT2D eigenvalue weighted by Gasteiger charge is -2.36. The van der Waals surface area contributed by atoms with Crippen LogP contribution in [-0.4, -0.2) is 47.8 Å². The van der Waals surface area contributed by atoms with Crippen molar-refractivity contribution in [2.75, 3.05) is 26.2 Å². The van der Waals surface area contributed by atoms with E-state index in [4.69, 9.17) is 0 Å². The molecule has 2 fully saturated rings. The number of hydrogen-bond donors (Lipinski definition) is 0. The number of nitrogens with zero attached hydrogens (tertiary/aromatic N) is 2. The number of rotatable bonds is 4. The van der Waals surface area contributed by atoms with Gasteiger partial charge in [-0.1, -0.05) is 63.4 Å². The molecule has 3 rings (SSSR count). The fourth-order valence-corrected chi connectivity index (χ4v) is 3.65. The highest BCUT2D eigenvalue weighted by molar-refractivity contribution is 5.87. The Morgan fingerprint density at radius 1 is 1.04 bits per heavy atom. The molecule has 0 N–H and O–H groups in total. The first kappa shape index (κ1) is 19.5. The molecule has 0 spiro atoms. The number of hydrogen-bond acceptors (Lipinski definition) is 2. The zero-order chi connectivity index (χ0) is 18.1. The van der Waals surface area contributed by atoms with Crippen molar-refractivity contribution in [3.8, 4) is 0 Å². The third-order valence-electron chi connectivity index (χ3n) is 5.10. The Hall–Kier alpha value is -1.84. The maximum Gasteiger partial charge on any atom is 0.242 e. The van der Waals surface area contributed by atoms with Crippen LogP contribution in [0.15, 0.2) is 30.3 Å². The lowest BCUT2D eigenvalue weighted by molar-refractivity contribution is -0.148. The average molecular weight is 344 g/mol. The van der Waals surface area contributed by atoms with E-state index >= 15 is 0 Å². The van der Waals surface area contributed by atoms with Crippen molar-refractivity contribution < 1.29 is 9.59 Å². The van der Waals surface area contributed by atoms with Gasteiger partial charge in [0.2, 0.25) is 11.8 Å². The van der Waals surface area contributed by atoms with Gasteiger partial charge < -0.3 is 9.80 Å². The molecule has 25 heavy (non-hydrogen) atoms. The van der Waals surface area contributed by atoms with Crippen molar-refractivity contribution in [2.24, 2.45) is 5.92 Å². The van der Waals surface area contributed by atoms with Crippen LogP contribution in [0.1, 0.15) is 51.5 Å². The molecule has 138 valence electrons. The summed E-state index contributed by atoms with van der Waals surface area (Å²) in [7, 11) is 0. The second kappa shape index (κ2) is 10.2. The first-order valence-corrected chi connectivity index (χ1v) is 9.84. The minimum absolute atomic E-state index is 0.0938. The molecule has 1 aliphatic heterocycles. The number of piperazine rings is 1. The minimum atomic E-state index is 0.0938. The Morgan fingerprint density at radius 3 is 2.36 bits per heavy atom. The first-order chi connectivity index (χ1) is 12.2. The van der Waals surface area contributed by atoms with Crippen LogP contribution in [0.4, 0.5) is 0 Å². The number of carbonyl (C=O) groups excluding carboxylic acids is 2. The van der Waals surface area contributed by atoms with E-state index in [1.165, 1.54) is 12.0 Å². The Morgan fingerprint density at radius 2 is 1.72 bits per heavy atom. The number of benzene rings is 1. The molecule has 1 saturated heterocycles. The maximum atomic E-state index is 12.5. The van der Waals surface area contributed by atoms with Crippen molar-refractivity contribution in [2.45, 2.75) is 52.4 Å². The predicted molar refractivity (Wildman–Crippen MR) is 101 cm³/mol. The van der Waals surface area contributed by atoms with E-state index in [1.807, 2.05) is 36.9 Å². The molecular weight excluding hydrogens is 312 g/mol. The molecule has 1 heterocycles. The van der Waals surface area contributed by atoms with Crippen molar-refractivity contribution in [3.63, 3.8) is 0 Å². The van der Waals surface area contributed by atoms with Gasteiger partial charge in [0.15, 0.2) is 0 Å². The smallest absolute Gasteiger partial charge is 0.242 e. The van der Waals surface area contributed by atoms with Gasteiger partial charge in [-0.25, -0.2) is 0 Å². The Bertz CT molecular complexity index is 538. The molecule has 2 amide bonds. The topological polar surface area (TPSA) is 40.6 Å². The van der Waals surface area contributed by atoms with Gasteiger partial charge in [-0.15, -0.1) is 0 Å². The molecular formula is C21H32N2O2. The van der Waals surface area contributed by atoms with Gasteiger partial charge in [0, 0.05) is 25.6 Å². The normalized spacial score (nSPS) is 18.6. The molecule has 4 nitrogen and oxygen atoms in total. The summed E-state index contributed by atoms with van der Waals surface area (Å²) in [4.78, 5) is 28.6. The highest BCUT2D eigenvalue weighted by Gasteiger charge is 2.31. The van der Waals surface area contributed by atoms with Gasteiger partial charge in [0.05, 0.1) is 6.54 Å². The monoisotopic (exact) mass is 344 g/mol. The van der Waals surface area contributed by atoms with E-state index in [0.29, 0.717) is 13.1 Å². The van der Waals surface area contributed by atoms with Crippen molar-refractivity contribution in [3.05, 3.63) is 35.9 Å². The number of carbonyl (C=O) groups is 2. The van der Waals surface area contributed by atoms with Crippen LogP contribution in [0.5, 0.6) is 0 Å². The van der Waals surface area contributed by atoms with Crippen molar-refractivity contribution in [1.29, 1.82) is 0 Å². The summed E-state index contributed by atoms with van der Waals surface area (Å²) in [6, 6.07) is 10.2. The zero-order valence-corrected chi connectivity index (χ0v) is 15.7. The average Bonchev–Trinajstić information content (AvgIpc) is 2.69. The quantitative estimate of drug-likeness (QED) is 0.839. The van der Waals surface area contributed by atoms with Gasteiger partial charge in [-0.3, -0.25) is 9.59 Å². The van der Waals surface area contributed by atoms with Crippen LogP contribution < -0.4 is 0 Å². The van der Waals surface area contributed by atoms with E-state index in [2.05, 4.69) is 12.1 Å². The van der Waals surface area contributed by atoms with E-state index < -0.39 is 0 Å². The molecule has 0 bridgehead atoms. The van der Waals surface area contributed by atoms with Crippen LogP contribution in [0.2, 0.25) is 0 Å². The fourth-order valence-electron chi connectivity index (χ4n) is 3.65. The summed E-state index contributed by atoms with van der Waals surface area (Å²) in [6.45, 7) is 6.37. The second-order valence-corrected chi connectivity index (χ2v) is 6.71. The predicted octanol–water partition coefficient (Wildman–Crippen LogP) is 3.51. The maximum absolute atomic E-state index is 12.5. The number of amides is 2. The molecule has 0 atom stereocenters. The van der Waals surface area contributed by atoms with Crippen LogP contribution in [0.3, 0.4) is 0 Å². The molecule has 1 aliphatic carbocycles. The summed E-state index contributed by atoms with van der Waals surface area (Å²) in [5, 5.41) is 0. The highest BCUT2D eigenvalue weighted by atomic mass is 16.2. The Balaban J connectivity index is 0.00000109. The SMILES string of the molecule is CC.O=C1CN(C(=O)C2CCCCC2)CCN1CCc1ccccc1. The van der Waals surface area contributed by atoms with E-state index in [0.717, 1.165) is 38.6 Å². The van der Waals surface area contributed by atoms with Crippen molar-refractivity contribution >= 4 is 11.8 Å². The van der Waals surface area contributed by atoms with Gasteiger partial charge in [0.1, 0.15) is 0 Å². The fraction of sp³-hybridized carbons (Fsp3) is 0.619. The molecule has 1 saturated carbocycles. The van der Waals surface area contributed by atoms with E-state index in [9.17, 15) is 9.59 Å². The standard InChI is InChI=1S/C19H26N2O2.C2H6/c22-18-15-21(19(23)17-9-5-2-6-10-17)14-13-20(18)12-11-16-7-3-1-4-8-16;1-2/h1,3-4,7-8,17H,2,5-6,9-15H2;1-2H3. The van der Waals surface area contributed by atoms with Gasteiger partial charge >= 0.3 is 0 Å².